The van der Waals surface area contributed by atoms with E-state index in [0.717, 1.165) is 5.70 Å². The number of nitrogens with one attached hydrogen (secondary N) is 1. The molecule has 0 aliphatic heterocycles. The van der Waals surface area contributed by atoms with Gasteiger partial charge >= 0.3 is 0 Å². The van der Waals surface area contributed by atoms with Crippen LogP contribution in [0.5, 0.6) is 0 Å². The Morgan fingerprint density at radius 2 is 2.11 bits per heavy atom. The molecule has 0 fully saturated rings. The van der Waals surface area contributed by atoms with E-state index < -0.39 is 0 Å². The third kappa shape index (κ3) is 4.81. The van der Waals surface area contributed by atoms with Crippen molar-refractivity contribution in [3.63, 3.8) is 0 Å². The van der Waals surface area contributed by atoms with Crippen molar-refractivity contribution in [1.29, 1.82) is 0 Å². The fraction of sp³-hybridized carbons (Fsp3) is 0.286. The maximum Gasteiger partial charge on any atom is 0.154 e. The molecule has 0 spiro atoms. The van der Waals surface area contributed by atoms with Gasteiger partial charge in [-0.15, -0.1) is 0 Å². The average Bonchev–Trinajstić information content (AvgIpc) is 1.63. The fourth-order valence-corrected chi connectivity index (χ4v) is 0.508. The Kier molecular flexibility index (Phi) is 3.44. The number of rotatable bonds is 3. The lowest BCUT2D eigenvalue weighted by Gasteiger charge is -1.95. The molecule has 0 saturated carbocycles. The average molecular weight is 125 g/mol. The molecule has 1 N–H and O–H groups in total. The van der Waals surface area contributed by atoms with Crippen molar-refractivity contribution < 1.29 is 4.79 Å². The highest BCUT2D eigenvalue weighted by molar-refractivity contribution is 5.87. The van der Waals surface area contributed by atoms with Crippen LogP contribution in [0, 0.1) is 0 Å². The predicted octanol–water partition coefficient (Wildman–Crippen LogP) is 1.21. The largest absolute Gasteiger partial charge is 0.366 e. The first-order chi connectivity index (χ1) is 4.16. The molecule has 0 aromatic carbocycles. The van der Waals surface area contributed by atoms with E-state index >= 15 is 0 Å². The highest BCUT2D eigenvalue weighted by Gasteiger charge is 1.85. The summed E-state index contributed by atoms with van der Waals surface area (Å²) in [7, 11) is 0. The molecule has 0 rings (SSSR count). The second kappa shape index (κ2) is 3.89. The minimum absolute atomic E-state index is 0.0434. The van der Waals surface area contributed by atoms with Gasteiger partial charge in [-0.1, -0.05) is 6.58 Å². The molecular weight excluding hydrogens is 114 g/mol. The Balaban J connectivity index is 3.83. The molecule has 0 unspecified atom stereocenters. The molecule has 2 heteroatoms. The Labute approximate surface area is 55.3 Å². The van der Waals surface area contributed by atoms with Crippen molar-refractivity contribution in [1.82, 2.24) is 5.32 Å². The minimum Gasteiger partial charge on any atom is -0.366 e. The minimum atomic E-state index is 0.0434. The molecule has 0 amide bonds. The molecule has 9 heavy (non-hydrogen) atoms. The fourth-order valence-electron chi connectivity index (χ4n) is 0.508. The molecule has 0 aliphatic rings. The van der Waals surface area contributed by atoms with Crippen LogP contribution in [-0.2, 0) is 4.79 Å². The van der Waals surface area contributed by atoms with Gasteiger partial charge in [0.15, 0.2) is 5.78 Å². The van der Waals surface area contributed by atoms with Crippen molar-refractivity contribution in [3.8, 4) is 0 Å². The van der Waals surface area contributed by atoms with Crippen LogP contribution < -0.4 is 5.32 Å². The second-order valence-corrected chi connectivity index (χ2v) is 1.79. The van der Waals surface area contributed by atoms with Crippen molar-refractivity contribution in [2.45, 2.75) is 13.8 Å². The Bertz CT molecular complexity index is 147. The monoisotopic (exact) mass is 125 g/mol. The summed E-state index contributed by atoms with van der Waals surface area (Å²) >= 11 is 0. The maximum atomic E-state index is 10.4. The van der Waals surface area contributed by atoms with Crippen LogP contribution in [-0.4, -0.2) is 5.78 Å². The quantitative estimate of drug-likeness (QED) is 0.574. The molecule has 0 radical (unpaired) electrons. The normalized spacial score (nSPS) is 10.7. The molecule has 50 valence electrons. The summed E-state index contributed by atoms with van der Waals surface area (Å²) in [6, 6.07) is 0. The zero-order chi connectivity index (χ0) is 7.28. The highest BCUT2D eigenvalue weighted by atomic mass is 16.1. The van der Waals surface area contributed by atoms with Crippen LogP contribution >= 0.6 is 0 Å². The topological polar surface area (TPSA) is 29.1 Å². The summed E-state index contributed by atoms with van der Waals surface area (Å²) < 4.78 is 0. The van der Waals surface area contributed by atoms with Crippen molar-refractivity contribution in [3.05, 3.63) is 24.6 Å². The number of allylic oxidation sites excluding steroid dienone is 2. The third-order valence-corrected chi connectivity index (χ3v) is 0.750. The standard InChI is InChI=1S/C7H11NO/c1-4-8-6(2)5-7(3)9/h4-5,8H,1H2,2-3H3/b6-5-. The Morgan fingerprint density at radius 3 is 2.44 bits per heavy atom. The summed E-state index contributed by atoms with van der Waals surface area (Å²) in [5.74, 6) is 0.0434. The first-order valence-corrected chi connectivity index (χ1v) is 2.73. The zero-order valence-electron chi connectivity index (χ0n) is 5.77. The SMILES string of the molecule is C=CN/C(C)=C\C(C)=O. The number of ketones is 1. The van der Waals surface area contributed by atoms with E-state index in [2.05, 4.69) is 11.9 Å². The van der Waals surface area contributed by atoms with Gasteiger partial charge in [0, 0.05) is 5.70 Å². The lowest BCUT2D eigenvalue weighted by atomic mass is 10.3. The van der Waals surface area contributed by atoms with E-state index in [1.165, 1.54) is 19.2 Å². The summed E-state index contributed by atoms with van der Waals surface area (Å²) in [4.78, 5) is 10.4. The van der Waals surface area contributed by atoms with Crippen LogP contribution in [0.25, 0.3) is 0 Å². The van der Waals surface area contributed by atoms with E-state index in [1.54, 1.807) is 0 Å². The van der Waals surface area contributed by atoms with E-state index in [9.17, 15) is 4.79 Å². The van der Waals surface area contributed by atoms with Crippen LogP contribution in [0.15, 0.2) is 24.6 Å². The molecule has 2 nitrogen and oxygen atoms in total. The van der Waals surface area contributed by atoms with Crippen LogP contribution in [0.2, 0.25) is 0 Å². The summed E-state index contributed by atoms with van der Waals surface area (Å²) in [5.41, 5.74) is 0.817. The Morgan fingerprint density at radius 1 is 1.56 bits per heavy atom. The van der Waals surface area contributed by atoms with Gasteiger partial charge in [-0.25, -0.2) is 0 Å². The number of hydrogen-bond donors (Lipinski definition) is 1. The van der Waals surface area contributed by atoms with Gasteiger partial charge in [0.25, 0.3) is 0 Å². The molecule has 0 aromatic rings. The van der Waals surface area contributed by atoms with E-state index in [4.69, 9.17) is 0 Å². The highest BCUT2D eigenvalue weighted by Crippen LogP contribution is 1.85. The molecule has 0 aliphatic carbocycles. The van der Waals surface area contributed by atoms with Gasteiger partial charge in [-0.2, -0.15) is 0 Å². The summed E-state index contributed by atoms with van der Waals surface area (Å²) in [6.07, 6.45) is 3.05. The summed E-state index contributed by atoms with van der Waals surface area (Å²) in [6.45, 7) is 6.76. The van der Waals surface area contributed by atoms with E-state index in [-0.39, 0.29) is 5.78 Å². The molecular formula is C7H11NO. The van der Waals surface area contributed by atoms with Gasteiger partial charge in [-0.3, -0.25) is 4.79 Å². The number of carbonyl (C=O) groups excluding carboxylic acids is 1. The van der Waals surface area contributed by atoms with Crippen LogP contribution in [0.3, 0.4) is 0 Å². The first-order valence-electron chi connectivity index (χ1n) is 2.73. The maximum absolute atomic E-state index is 10.4. The molecule has 0 atom stereocenters. The van der Waals surface area contributed by atoms with Crippen molar-refractivity contribution >= 4 is 5.78 Å². The molecule has 0 aromatic heterocycles. The van der Waals surface area contributed by atoms with E-state index in [1.807, 2.05) is 6.92 Å². The molecule has 0 heterocycles. The van der Waals surface area contributed by atoms with Crippen LogP contribution in [0.4, 0.5) is 0 Å². The predicted molar refractivity (Wildman–Crippen MR) is 37.8 cm³/mol. The van der Waals surface area contributed by atoms with Gasteiger partial charge in [0.2, 0.25) is 0 Å². The van der Waals surface area contributed by atoms with Gasteiger partial charge < -0.3 is 5.32 Å². The Hall–Kier alpha value is -1.05. The first kappa shape index (κ1) is 7.95. The van der Waals surface area contributed by atoms with Crippen LogP contribution in [0.1, 0.15) is 13.8 Å². The third-order valence-electron chi connectivity index (χ3n) is 0.750. The lowest BCUT2D eigenvalue weighted by molar-refractivity contribution is -0.112. The zero-order valence-corrected chi connectivity index (χ0v) is 5.77. The second-order valence-electron chi connectivity index (χ2n) is 1.79. The molecule has 0 saturated heterocycles. The van der Waals surface area contributed by atoms with E-state index in [0.29, 0.717) is 0 Å². The van der Waals surface area contributed by atoms with Crippen molar-refractivity contribution in [2.75, 3.05) is 0 Å². The smallest absolute Gasteiger partial charge is 0.154 e. The summed E-state index contributed by atoms with van der Waals surface area (Å²) in [5, 5.41) is 2.78. The van der Waals surface area contributed by atoms with Crippen molar-refractivity contribution in [2.24, 2.45) is 0 Å². The lowest BCUT2D eigenvalue weighted by Crippen LogP contribution is -2.01. The van der Waals surface area contributed by atoms with Gasteiger partial charge in [-0.05, 0) is 26.1 Å². The van der Waals surface area contributed by atoms with Gasteiger partial charge in [0.05, 0.1) is 0 Å². The number of carbonyl (C=O) groups is 1. The van der Waals surface area contributed by atoms with Gasteiger partial charge in [0.1, 0.15) is 0 Å². The number of hydrogen-bond acceptors (Lipinski definition) is 2. The molecule has 0 bridgehead atoms.